The fourth-order valence-corrected chi connectivity index (χ4v) is 9.16. The number of aromatic nitrogens is 1. The van der Waals surface area contributed by atoms with Crippen LogP contribution in [0.5, 0.6) is 0 Å². The highest BCUT2D eigenvalue weighted by Gasteiger charge is 2.69. The van der Waals surface area contributed by atoms with Crippen LogP contribution in [0.4, 0.5) is 0 Å². The van der Waals surface area contributed by atoms with Gasteiger partial charge in [-0.05, 0) is 36.3 Å². The molecule has 156 valence electrons. The molecule has 8 nitrogen and oxygen atoms in total. The fourth-order valence-electron chi connectivity index (χ4n) is 6.29. The SMILES string of the molecule is O=C(O)CCN1C(=O)[C@@H]2[C@H]3C[C@@H]([C@H]4Sc5[nH]c(=O)sc5[C@H](c5ccco5)[C@H]34)[C@H]2C1=O. The Morgan fingerprint density at radius 1 is 1.23 bits per heavy atom. The van der Waals surface area contributed by atoms with Crippen molar-refractivity contribution in [3.8, 4) is 0 Å². The summed E-state index contributed by atoms with van der Waals surface area (Å²) in [5, 5.41) is 9.94. The summed E-state index contributed by atoms with van der Waals surface area (Å²) in [4.78, 5) is 54.2. The average molecular weight is 447 g/mol. The predicted molar refractivity (Wildman–Crippen MR) is 106 cm³/mol. The molecule has 0 unspecified atom stereocenters. The van der Waals surface area contributed by atoms with Crippen molar-refractivity contribution >= 4 is 40.9 Å². The lowest BCUT2D eigenvalue weighted by molar-refractivity contribution is -0.142. The third kappa shape index (κ3) is 2.34. The number of nitrogens with zero attached hydrogens (tertiary/aromatic N) is 1. The van der Waals surface area contributed by atoms with Crippen molar-refractivity contribution < 1.29 is 23.9 Å². The Hall–Kier alpha value is -2.33. The number of hydrogen-bond acceptors (Lipinski definition) is 7. The van der Waals surface area contributed by atoms with E-state index in [0.29, 0.717) is 0 Å². The first-order valence-electron chi connectivity index (χ1n) is 9.95. The molecule has 2 aromatic heterocycles. The average Bonchev–Trinajstić information content (AvgIpc) is 3.48. The monoisotopic (exact) mass is 446 g/mol. The molecule has 0 aromatic carbocycles. The topological polar surface area (TPSA) is 121 Å². The molecule has 30 heavy (non-hydrogen) atoms. The maximum atomic E-state index is 13.1. The molecular weight excluding hydrogens is 428 g/mol. The first kappa shape index (κ1) is 18.4. The van der Waals surface area contributed by atoms with Gasteiger partial charge in [-0.15, -0.1) is 11.8 Å². The molecule has 6 rings (SSSR count). The normalized spacial score (nSPS) is 36.1. The van der Waals surface area contributed by atoms with Gasteiger partial charge in [-0.25, -0.2) is 0 Å². The van der Waals surface area contributed by atoms with E-state index >= 15 is 0 Å². The Bertz CT molecular complexity index is 1120. The summed E-state index contributed by atoms with van der Waals surface area (Å²) < 4.78 is 5.75. The van der Waals surface area contributed by atoms with Gasteiger partial charge >= 0.3 is 10.8 Å². The molecule has 2 N–H and O–H groups in total. The van der Waals surface area contributed by atoms with Gasteiger partial charge in [0.05, 0.1) is 40.3 Å². The molecule has 0 spiro atoms. The molecule has 1 saturated heterocycles. The second kappa shape index (κ2) is 6.34. The van der Waals surface area contributed by atoms with Gasteiger partial charge in [0.25, 0.3) is 0 Å². The number of likely N-dealkylation sites (tertiary alicyclic amines) is 1. The number of aromatic amines is 1. The summed E-state index contributed by atoms with van der Waals surface area (Å²) in [6, 6.07) is 3.74. The quantitative estimate of drug-likeness (QED) is 0.689. The first-order valence-corrected chi connectivity index (χ1v) is 11.7. The number of imide groups is 1. The van der Waals surface area contributed by atoms with Crippen molar-refractivity contribution in [2.45, 2.75) is 29.0 Å². The van der Waals surface area contributed by atoms with Crippen molar-refractivity contribution in [1.82, 2.24) is 9.88 Å². The number of carboxylic acid groups (broad SMARTS) is 1. The van der Waals surface area contributed by atoms with E-state index in [1.54, 1.807) is 18.0 Å². The second-order valence-corrected chi connectivity index (χ2v) is 10.7. The summed E-state index contributed by atoms with van der Waals surface area (Å²) in [5.41, 5.74) is 0. The number of carboxylic acids is 1. The van der Waals surface area contributed by atoms with Crippen LogP contribution in [0, 0.1) is 29.6 Å². The standard InChI is InChI=1S/C20H18N2O6S2/c23-10(24)3-4-22-18(25)12-7-6-8(13(12)19(22)26)15-11(7)14(9-2-1-5-28-9)16-17(29-15)21-20(27)30-16/h1-2,5,7-8,11-15H,3-4,6H2,(H,21,27)(H,23,24)/t7-,8+,11-,12+,13+,14+,15+/m0/s1. The van der Waals surface area contributed by atoms with Crippen LogP contribution in [0.1, 0.15) is 29.4 Å². The zero-order chi connectivity index (χ0) is 20.7. The number of thioether (sulfide) groups is 1. The minimum absolute atomic E-state index is 0.0178. The summed E-state index contributed by atoms with van der Waals surface area (Å²) in [7, 11) is 0. The van der Waals surface area contributed by atoms with E-state index < -0.39 is 11.9 Å². The molecule has 0 radical (unpaired) electrons. The smallest absolute Gasteiger partial charge is 0.305 e. The molecule has 2 amide bonds. The highest BCUT2D eigenvalue weighted by atomic mass is 32.2. The molecule has 2 aromatic rings. The summed E-state index contributed by atoms with van der Waals surface area (Å²) in [6.07, 6.45) is 2.19. The molecule has 7 atom stereocenters. The molecule has 2 aliphatic carbocycles. The van der Waals surface area contributed by atoms with Gasteiger partial charge in [-0.1, -0.05) is 11.3 Å². The number of H-pyrrole nitrogens is 1. The Morgan fingerprint density at radius 2 is 2.00 bits per heavy atom. The fraction of sp³-hybridized carbons (Fsp3) is 0.500. The Kier molecular flexibility index (Phi) is 3.89. The number of aliphatic carboxylic acids is 1. The first-order chi connectivity index (χ1) is 14.5. The van der Waals surface area contributed by atoms with E-state index in [-0.39, 0.29) is 64.5 Å². The van der Waals surface area contributed by atoms with Crippen LogP contribution in [0.3, 0.4) is 0 Å². The molecule has 2 aliphatic heterocycles. The lowest BCUT2D eigenvalue weighted by Crippen LogP contribution is -2.42. The van der Waals surface area contributed by atoms with E-state index in [9.17, 15) is 19.2 Å². The zero-order valence-corrected chi connectivity index (χ0v) is 17.3. The van der Waals surface area contributed by atoms with E-state index in [1.807, 2.05) is 12.1 Å². The number of nitrogens with one attached hydrogen (secondary N) is 1. The predicted octanol–water partition coefficient (Wildman–Crippen LogP) is 1.98. The van der Waals surface area contributed by atoms with Crippen LogP contribution >= 0.6 is 23.1 Å². The highest BCUT2D eigenvalue weighted by molar-refractivity contribution is 8.00. The van der Waals surface area contributed by atoms with E-state index in [4.69, 9.17) is 9.52 Å². The summed E-state index contributed by atoms with van der Waals surface area (Å²) in [5.74, 6) is -1.43. The van der Waals surface area contributed by atoms with Crippen molar-refractivity contribution in [2.75, 3.05) is 6.54 Å². The molecule has 4 heterocycles. The maximum absolute atomic E-state index is 13.1. The van der Waals surface area contributed by atoms with Gasteiger partial charge in [0.15, 0.2) is 0 Å². The van der Waals surface area contributed by atoms with Crippen LogP contribution in [0.15, 0.2) is 32.6 Å². The number of carbonyl (C=O) groups is 3. The van der Waals surface area contributed by atoms with E-state index in [1.165, 1.54) is 16.2 Å². The van der Waals surface area contributed by atoms with Crippen molar-refractivity contribution in [3.05, 3.63) is 38.7 Å². The third-order valence-corrected chi connectivity index (χ3v) is 9.80. The molecule has 4 aliphatic rings. The van der Waals surface area contributed by atoms with Gasteiger partial charge in [-0.3, -0.25) is 24.1 Å². The minimum Gasteiger partial charge on any atom is -0.481 e. The third-order valence-electron chi connectivity index (χ3n) is 7.21. The Morgan fingerprint density at radius 3 is 2.70 bits per heavy atom. The Labute approximate surface area is 178 Å². The van der Waals surface area contributed by atoms with Gasteiger partial charge in [0, 0.05) is 11.8 Å². The number of amides is 2. The van der Waals surface area contributed by atoms with E-state index in [0.717, 1.165) is 22.1 Å². The minimum atomic E-state index is -1.02. The maximum Gasteiger partial charge on any atom is 0.305 e. The second-order valence-electron chi connectivity index (χ2n) is 8.45. The largest absolute Gasteiger partial charge is 0.481 e. The summed E-state index contributed by atoms with van der Waals surface area (Å²) >= 11 is 2.81. The van der Waals surface area contributed by atoms with Crippen molar-refractivity contribution in [1.29, 1.82) is 0 Å². The van der Waals surface area contributed by atoms with Crippen molar-refractivity contribution in [2.24, 2.45) is 29.6 Å². The summed E-state index contributed by atoms with van der Waals surface area (Å²) in [6.45, 7) is -0.0653. The number of fused-ring (bicyclic) bond motifs is 9. The molecule has 2 saturated carbocycles. The van der Waals surface area contributed by atoms with Crippen LogP contribution in [-0.4, -0.2) is 44.6 Å². The van der Waals surface area contributed by atoms with Gasteiger partial charge in [-0.2, -0.15) is 0 Å². The number of rotatable bonds is 4. The Balaban J connectivity index is 1.40. The zero-order valence-electron chi connectivity index (χ0n) is 15.6. The van der Waals surface area contributed by atoms with Crippen LogP contribution in [0.25, 0.3) is 0 Å². The van der Waals surface area contributed by atoms with E-state index in [2.05, 4.69) is 4.98 Å². The van der Waals surface area contributed by atoms with Crippen LogP contribution < -0.4 is 4.87 Å². The lowest BCUT2D eigenvalue weighted by Gasteiger charge is -2.42. The number of carbonyl (C=O) groups excluding carboxylic acids is 2. The van der Waals surface area contributed by atoms with Crippen LogP contribution in [0.2, 0.25) is 0 Å². The molecule has 3 fully saturated rings. The number of thiazole rings is 1. The van der Waals surface area contributed by atoms with Gasteiger partial charge in [0.2, 0.25) is 11.8 Å². The number of furan rings is 1. The van der Waals surface area contributed by atoms with Crippen molar-refractivity contribution in [3.63, 3.8) is 0 Å². The lowest BCUT2D eigenvalue weighted by atomic mass is 9.69. The van der Waals surface area contributed by atoms with Crippen LogP contribution in [-0.2, 0) is 14.4 Å². The van der Waals surface area contributed by atoms with Gasteiger partial charge in [0.1, 0.15) is 5.76 Å². The molecule has 2 bridgehead atoms. The molecule has 10 heteroatoms. The molecular formula is C20H18N2O6S2. The van der Waals surface area contributed by atoms with Gasteiger partial charge < -0.3 is 14.5 Å². The number of hydrogen-bond donors (Lipinski definition) is 2. The highest BCUT2D eigenvalue weighted by Crippen LogP contribution is 2.68.